The Balaban J connectivity index is 2.16. The summed E-state index contributed by atoms with van der Waals surface area (Å²) in [6.45, 7) is 16.5. The molecule has 0 aromatic heterocycles. The average molecular weight is 466 g/mol. The van der Waals surface area contributed by atoms with Crippen LogP contribution in [0.2, 0.25) is 0 Å². The van der Waals surface area contributed by atoms with Gasteiger partial charge in [0.25, 0.3) is 0 Å². The summed E-state index contributed by atoms with van der Waals surface area (Å²) in [5, 5.41) is 10.7. The quantitative estimate of drug-likeness (QED) is 0.151. The molecule has 0 heterocycles. The van der Waals surface area contributed by atoms with Gasteiger partial charge in [-0.2, -0.15) is 5.26 Å². The molecular weight excluding hydrogens is 430 g/mol. The lowest BCUT2D eigenvalue weighted by molar-refractivity contribution is 0.717. The number of nitriles is 1. The Morgan fingerprint density at radius 3 is 2.50 bits per heavy atom. The summed E-state index contributed by atoms with van der Waals surface area (Å²) < 4.78 is 0. The molecule has 2 aromatic carbocycles. The van der Waals surface area contributed by atoms with Crippen LogP contribution in [-0.4, -0.2) is 0 Å². The molecule has 0 aliphatic carbocycles. The molecule has 0 unspecified atom stereocenters. The Labute approximate surface area is 211 Å². The van der Waals surface area contributed by atoms with Crippen LogP contribution in [0.25, 0.3) is 6.08 Å². The summed E-state index contributed by atoms with van der Waals surface area (Å²) >= 11 is 1.05. The molecular formula is C32H35NS. The van der Waals surface area contributed by atoms with E-state index in [1.54, 1.807) is 0 Å². The number of nitrogens with zero attached hydrogens (tertiary/aromatic N) is 1. The SMILES string of the molecule is C=C(/C=C\C(=C)/C(C)=C/c1ccc(C#Cc2ccc(CCCCC)cc2CC)cc1C)SC#N. The van der Waals surface area contributed by atoms with Gasteiger partial charge in [0.05, 0.1) is 0 Å². The zero-order valence-electron chi connectivity index (χ0n) is 21.0. The van der Waals surface area contributed by atoms with Crippen LogP contribution in [0.1, 0.15) is 73.4 Å². The van der Waals surface area contributed by atoms with E-state index in [2.05, 4.69) is 88.2 Å². The van der Waals surface area contributed by atoms with Crippen LogP contribution in [0.4, 0.5) is 0 Å². The fourth-order valence-electron chi connectivity index (χ4n) is 3.59. The van der Waals surface area contributed by atoms with Gasteiger partial charge in [-0.05, 0) is 103 Å². The van der Waals surface area contributed by atoms with E-state index in [1.165, 1.54) is 36.0 Å². The molecule has 0 spiro atoms. The maximum Gasteiger partial charge on any atom is 0.138 e. The minimum absolute atomic E-state index is 0.702. The smallest absolute Gasteiger partial charge is 0.138 e. The van der Waals surface area contributed by atoms with E-state index in [1.807, 2.05) is 24.5 Å². The number of allylic oxidation sites excluding steroid dienone is 4. The van der Waals surface area contributed by atoms with Gasteiger partial charge in [0, 0.05) is 16.0 Å². The summed E-state index contributed by atoms with van der Waals surface area (Å²) in [6.07, 6.45) is 11.8. The topological polar surface area (TPSA) is 23.8 Å². The van der Waals surface area contributed by atoms with Crippen LogP contribution in [0.3, 0.4) is 0 Å². The molecule has 0 aliphatic heterocycles. The number of rotatable bonds is 10. The zero-order valence-corrected chi connectivity index (χ0v) is 21.8. The zero-order chi connectivity index (χ0) is 24.9. The second kappa shape index (κ2) is 14.1. The largest absolute Gasteiger partial charge is 0.185 e. The van der Waals surface area contributed by atoms with Gasteiger partial charge in [0.15, 0.2) is 0 Å². The van der Waals surface area contributed by atoms with Gasteiger partial charge in [-0.3, -0.25) is 0 Å². The monoisotopic (exact) mass is 465 g/mol. The fourth-order valence-corrected chi connectivity index (χ4v) is 3.85. The third kappa shape index (κ3) is 8.62. The van der Waals surface area contributed by atoms with E-state index >= 15 is 0 Å². The van der Waals surface area contributed by atoms with Crippen molar-refractivity contribution in [3.63, 3.8) is 0 Å². The average Bonchev–Trinajstić information content (AvgIpc) is 2.83. The molecule has 0 saturated heterocycles. The summed E-state index contributed by atoms with van der Waals surface area (Å²) in [5.74, 6) is 6.75. The number of aryl methyl sites for hydroxylation is 3. The highest BCUT2D eigenvalue weighted by Crippen LogP contribution is 2.20. The summed E-state index contributed by atoms with van der Waals surface area (Å²) in [4.78, 5) is 0.702. The van der Waals surface area contributed by atoms with Gasteiger partial charge in [0.1, 0.15) is 5.40 Å². The molecule has 0 saturated carbocycles. The van der Waals surface area contributed by atoms with Crippen molar-refractivity contribution in [1.82, 2.24) is 0 Å². The number of hydrogen-bond donors (Lipinski definition) is 0. The molecule has 2 rings (SSSR count). The van der Waals surface area contributed by atoms with Crippen molar-refractivity contribution in [3.8, 4) is 17.2 Å². The van der Waals surface area contributed by atoms with Crippen molar-refractivity contribution < 1.29 is 0 Å². The lowest BCUT2D eigenvalue weighted by Crippen LogP contribution is -1.93. The van der Waals surface area contributed by atoms with Crippen molar-refractivity contribution >= 4 is 17.8 Å². The molecule has 0 bridgehead atoms. The molecule has 0 atom stereocenters. The predicted octanol–water partition coefficient (Wildman–Crippen LogP) is 8.93. The lowest BCUT2D eigenvalue weighted by Gasteiger charge is -2.07. The van der Waals surface area contributed by atoms with Gasteiger partial charge in [0.2, 0.25) is 0 Å². The predicted molar refractivity (Wildman–Crippen MR) is 150 cm³/mol. The van der Waals surface area contributed by atoms with Crippen molar-refractivity contribution in [2.75, 3.05) is 0 Å². The van der Waals surface area contributed by atoms with E-state index in [4.69, 9.17) is 5.26 Å². The van der Waals surface area contributed by atoms with E-state index in [0.717, 1.165) is 52.4 Å². The second-order valence-electron chi connectivity index (χ2n) is 8.47. The molecule has 0 amide bonds. The Morgan fingerprint density at radius 2 is 1.82 bits per heavy atom. The van der Waals surface area contributed by atoms with Crippen LogP contribution < -0.4 is 0 Å². The molecule has 0 aliphatic rings. The summed E-state index contributed by atoms with van der Waals surface area (Å²) in [7, 11) is 0. The third-order valence-electron chi connectivity index (χ3n) is 5.76. The molecule has 2 aromatic rings. The van der Waals surface area contributed by atoms with Crippen LogP contribution in [0.15, 0.2) is 77.8 Å². The van der Waals surface area contributed by atoms with Gasteiger partial charge >= 0.3 is 0 Å². The van der Waals surface area contributed by atoms with Gasteiger partial charge in [-0.25, -0.2) is 0 Å². The van der Waals surface area contributed by atoms with Gasteiger partial charge < -0.3 is 0 Å². The Hall–Kier alpha value is -3.20. The Kier molecular flexibility index (Phi) is 11.3. The first kappa shape index (κ1) is 27.0. The summed E-state index contributed by atoms with van der Waals surface area (Å²) in [5.41, 5.74) is 9.18. The standard InChI is InChI=1S/C32H35NS/c1-7-9-10-11-28-14-17-31(30(8-2)22-28)18-15-29-16-19-32(26(5)20-29)21-25(4)24(3)12-13-27(6)34-23-33/h12-14,16-17,19-22H,3,6-11H2,1-2,4-5H3/b13-12-,25-21+. The van der Waals surface area contributed by atoms with E-state index in [9.17, 15) is 0 Å². The highest BCUT2D eigenvalue weighted by atomic mass is 32.2. The van der Waals surface area contributed by atoms with E-state index < -0.39 is 0 Å². The van der Waals surface area contributed by atoms with E-state index in [0.29, 0.717) is 4.91 Å². The molecule has 0 radical (unpaired) electrons. The number of hydrogen-bond acceptors (Lipinski definition) is 2. The van der Waals surface area contributed by atoms with Crippen LogP contribution in [0, 0.1) is 29.4 Å². The molecule has 1 nitrogen and oxygen atoms in total. The van der Waals surface area contributed by atoms with Gasteiger partial charge in [-0.15, -0.1) is 0 Å². The van der Waals surface area contributed by atoms with E-state index in [-0.39, 0.29) is 0 Å². The van der Waals surface area contributed by atoms with Crippen molar-refractivity contribution in [2.24, 2.45) is 0 Å². The van der Waals surface area contributed by atoms with Gasteiger partial charge in [-0.1, -0.05) is 82.0 Å². The second-order valence-corrected chi connectivity index (χ2v) is 9.38. The molecule has 0 N–H and O–H groups in total. The first-order valence-electron chi connectivity index (χ1n) is 11.9. The van der Waals surface area contributed by atoms with Crippen LogP contribution in [0.5, 0.6) is 0 Å². The first-order chi connectivity index (χ1) is 16.4. The maximum absolute atomic E-state index is 8.71. The number of benzene rings is 2. The highest BCUT2D eigenvalue weighted by Gasteiger charge is 2.02. The first-order valence-corrected chi connectivity index (χ1v) is 12.7. The van der Waals surface area contributed by atoms with Crippen LogP contribution >= 0.6 is 11.8 Å². The number of thiocyanates is 1. The molecule has 34 heavy (non-hydrogen) atoms. The molecule has 174 valence electrons. The normalized spacial score (nSPS) is 11.1. The fraction of sp³-hybridized carbons (Fsp3) is 0.281. The lowest BCUT2D eigenvalue weighted by atomic mass is 9.98. The van der Waals surface area contributed by atoms with Crippen LogP contribution in [-0.2, 0) is 12.8 Å². The highest BCUT2D eigenvalue weighted by molar-refractivity contribution is 8.07. The maximum atomic E-state index is 8.71. The third-order valence-corrected chi connectivity index (χ3v) is 6.25. The van der Waals surface area contributed by atoms with Crippen molar-refractivity contribution in [2.45, 2.75) is 59.8 Å². The minimum Gasteiger partial charge on any atom is -0.185 e. The van der Waals surface area contributed by atoms with Crippen molar-refractivity contribution in [1.29, 1.82) is 5.26 Å². The van der Waals surface area contributed by atoms with Crippen molar-refractivity contribution in [3.05, 3.63) is 111 Å². The molecule has 2 heteroatoms. The summed E-state index contributed by atoms with van der Waals surface area (Å²) in [6, 6.07) is 13.1. The molecule has 0 fully saturated rings. The Morgan fingerprint density at radius 1 is 1.03 bits per heavy atom. The Bertz CT molecular complexity index is 1190. The number of thioether (sulfide) groups is 1. The number of unbranched alkanes of at least 4 members (excludes halogenated alkanes) is 2. The minimum atomic E-state index is 0.702.